The zero-order valence-electron chi connectivity index (χ0n) is 17.4. The van der Waals surface area contributed by atoms with Crippen molar-refractivity contribution in [1.29, 1.82) is 0 Å². The van der Waals surface area contributed by atoms with Gasteiger partial charge in [0.15, 0.2) is 0 Å². The van der Waals surface area contributed by atoms with E-state index in [1.807, 2.05) is 6.20 Å². The molecule has 5 nitrogen and oxygen atoms in total. The molecule has 4 rings (SSSR count). The zero-order chi connectivity index (χ0) is 19.5. The third-order valence-corrected chi connectivity index (χ3v) is 6.00. The second kappa shape index (κ2) is 12.3. The van der Waals surface area contributed by atoms with Gasteiger partial charge in [-0.3, -0.25) is 9.88 Å². The Bertz CT molecular complexity index is 913. The number of hydrogen-bond donors (Lipinski definition) is 2. The number of aryl methyl sites for hydroxylation is 3. The van der Waals surface area contributed by atoms with E-state index in [9.17, 15) is 0 Å². The number of fused-ring (bicyclic) bond motifs is 2. The van der Waals surface area contributed by atoms with E-state index in [0.29, 0.717) is 6.04 Å². The van der Waals surface area contributed by atoms with Gasteiger partial charge in [0.25, 0.3) is 0 Å². The lowest BCUT2D eigenvalue weighted by atomic mass is 9.90. The fourth-order valence-electron chi connectivity index (χ4n) is 4.33. The fourth-order valence-corrected chi connectivity index (χ4v) is 4.33. The minimum atomic E-state index is 0. The molecule has 0 aliphatic heterocycles. The second-order valence-electron chi connectivity index (χ2n) is 8.06. The first-order valence-corrected chi connectivity index (χ1v) is 10.5. The van der Waals surface area contributed by atoms with Crippen molar-refractivity contribution in [2.45, 2.75) is 73.4 Å². The molecule has 0 bridgehead atoms. The maximum atomic E-state index is 5.75. The van der Waals surface area contributed by atoms with E-state index in [1.54, 1.807) is 0 Å². The first kappa shape index (κ1) is 27.3. The Kier molecular flexibility index (Phi) is 10.8. The van der Waals surface area contributed by atoms with Gasteiger partial charge in [-0.05, 0) is 93.9 Å². The van der Waals surface area contributed by atoms with Crippen LogP contribution in [0.4, 0.5) is 0 Å². The Morgan fingerprint density at radius 2 is 1.94 bits per heavy atom. The Hall–Kier alpha value is -1.76. The number of halogens is 1. The number of nitrogens with zero attached hydrogens (tertiary/aromatic N) is 3. The summed E-state index contributed by atoms with van der Waals surface area (Å²) in [6, 6.07) is 9.04. The fraction of sp³-hybridized carbons (Fsp3) is 0.520. The molecule has 0 radical (unpaired) electrons. The maximum Gasteiger partial charge on any atom is 0.121 e. The van der Waals surface area contributed by atoms with Crippen LogP contribution in [0.1, 0.15) is 74.8 Å². The van der Waals surface area contributed by atoms with Crippen LogP contribution in [0, 0.1) is 13.8 Å². The van der Waals surface area contributed by atoms with Gasteiger partial charge in [0.05, 0.1) is 29.3 Å². The van der Waals surface area contributed by atoms with Crippen molar-refractivity contribution in [2.75, 3.05) is 13.1 Å². The average Bonchev–Trinajstić information content (AvgIpc) is 3.08. The first-order valence-electron chi connectivity index (χ1n) is 10.5. The molecule has 0 saturated heterocycles. The summed E-state index contributed by atoms with van der Waals surface area (Å²) >= 11 is 0. The van der Waals surface area contributed by atoms with Gasteiger partial charge in [0, 0.05) is 6.20 Å². The van der Waals surface area contributed by atoms with Crippen LogP contribution in [-0.2, 0) is 13.0 Å². The quantitative estimate of drug-likeness (QED) is 0.396. The number of aromatic nitrogens is 3. The van der Waals surface area contributed by atoms with Gasteiger partial charge in [-0.15, -0.1) is 17.0 Å². The normalized spacial score (nSPS) is 15.0. The summed E-state index contributed by atoms with van der Waals surface area (Å²) < 4.78 is 0. The molecule has 31 heavy (non-hydrogen) atoms. The van der Waals surface area contributed by atoms with E-state index in [2.05, 4.69) is 48.0 Å². The predicted octanol–water partition coefficient (Wildman–Crippen LogP) is 6.04. The lowest BCUT2D eigenvalue weighted by Crippen LogP contribution is -2.33. The van der Waals surface area contributed by atoms with Crippen LogP contribution in [0.2, 0.25) is 0 Å². The predicted molar refractivity (Wildman–Crippen MR) is 138 cm³/mol. The van der Waals surface area contributed by atoms with Crippen molar-refractivity contribution in [1.82, 2.24) is 19.9 Å². The molecule has 6 heteroatoms. The number of imidazole rings is 1. The maximum absolute atomic E-state index is 5.75. The van der Waals surface area contributed by atoms with Gasteiger partial charge in [-0.1, -0.05) is 20.9 Å². The number of hydrogen-bond acceptors (Lipinski definition) is 4. The highest BCUT2D eigenvalue weighted by atomic mass is 79.9. The Labute approximate surface area is 198 Å². The van der Waals surface area contributed by atoms with Crippen LogP contribution < -0.4 is 5.73 Å². The summed E-state index contributed by atoms with van der Waals surface area (Å²) in [6.45, 7) is 6.88. The highest BCUT2D eigenvalue weighted by Crippen LogP contribution is 2.34. The summed E-state index contributed by atoms with van der Waals surface area (Å²) in [4.78, 5) is 15.8. The molecule has 0 spiro atoms. The number of benzene rings is 1. The standard InChI is InChI=1S/C23H31N5.2CH4.BrH/c1-16-13-19-20(14-17(16)2)27-22(26-19)15-28(12-4-3-10-24)21-9-5-7-18-8-6-11-25-23(18)21;;;/h6,8,11,13-14,21H,3-5,7,9-10,12,15,24H2,1-2H3,(H,26,27);2*1H4;1H. The summed E-state index contributed by atoms with van der Waals surface area (Å²) in [5.41, 5.74) is 13.2. The van der Waals surface area contributed by atoms with Gasteiger partial charge < -0.3 is 10.7 Å². The molecule has 1 atom stereocenters. The van der Waals surface area contributed by atoms with Crippen LogP contribution in [-0.4, -0.2) is 32.9 Å². The molecule has 1 aliphatic carbocycles. The van der Waals surface area contributed by atoms with Gasteiger partial charge in [-0.2, -0.15) is 0 Å². The van der Waals surface area contributed by atoms with Gasteiger partial charge >= 0.3 is 0 Å². The van der Waals surface area contributed by atoms with E-state index in [4.69, 9.17) is 15.7 Å². The van der Waals surface area contributed by atoms with Crippen LogP contribution in [0.3, 0.4) is 0 Å². The van der Waals surface area contributed by atoms with Crippen molar-refractivity contribution >= 4 is 28.0 Å². The summed E-state index contributed by atoms with van der Waals surface area (Å²) in [5, 5.41) is 0. The largest absolute Gasteiger partial charge is 0.341 e. The average molecular weight is 491 g/mol. The molecule has 1 unspecified atom stereocenters. The number of rotatable bonds is 7. The summed E-state index contributed by atoms with van der Waals surface area (Å²) in [6.07, 6.45) is 7.60. The number of H-pyrrole nitrogens is 1. The third kappa shape index (κ3) is 6.15. The van der Waals surface area contributed by atoms with Crippen LogP contribution >= 0.6 is 17.0 Å². The number of aromatic amines is 1. The Morgan fingerprint density at radius 1 is 1.16 bits per heavy atom. The van der Waals surface area contributed by atoms with Crippen molar-refractivity contribution < 1.29 is 0 Å². The number of nitrogens with two attached hydrogens (primary N) is 1. The molecular weight excluding hydrogens is 450 g/mol. The molecule has 2 aromatic heterocycles. The molecule has 1 aromatic carbocycles. The molecule has 1 aliphatic rings. The van der Waals surface area contributed by atoms with E-state index in [1.165, 1.54) is 28.8 Å². The number of nitrogens with one attached hydrogen (secondary N) is 1. The van der Waals surface area contributed by atoms with Crippen molar-refractivity contribution in [3.05, 3.63) is 58.7 Å². The Balaban J connectivity index is 0.00000160. The van der Waals surface area contributed by atoms with Crippen LogP contribution in [0.15, 0.2) is 30.5 Å². The highest BCUT2D eigenvalue weighted by Gasteiger charge is 2.27. The van der Waals surface area contributed by atoms with Gasteiger partial charge in [0.1, 0.15) is 5.82 Å². The van der Waals surface area contributed by atoms with Gasteiger partial charge in [0.2, 0.25) is 0 Å². The van der Waals surface area contributed by atoms with E-state index in [-0.39, 0.29) is 31.8 Å². The lowest BCUT2D eigenvalue weighted by molar-refractivity contribution is 0.159. The van der Waals surface area contributed by atoms with Crippen molar-refractivity contribution in [3.63, 3.8) is 0 Å². The molecule has 0 fully saturated rings. The van der Waals surface area contributed by atoms with Crippen LogP contribution in [0.25, 0.3) is 11.0 Å². The van der Waals surface area contributed by atoms with E-state index in [0.717, 1.165) is 62.2 Å². The van der Waals surface area contributed by atoms with Crippen molar-refractivity contribution in [3.8, 4) is 0 Å². The number of pyridine rings is 1. The molecule has 0 amide bonds. The van der Waals surface area contributed by atoms with E-state index < -0.39 is 0 Å². The summed E-state index contributed by atoms with van der Waals surface area (Å²) in [7, 11) is 0. The Morgan fingerprint density at radius 3 is 2.71 bits per heavy atom. The summed E-state index contributed by atoms with van der Waals surface area (Å²) in [5.74, 6) is 1.04. The lowest BCUT2D eigenvalue weighted by Gasteiger charge is -2.34. The molecule has 0 saturated carbocycles. The minimum absolute atomic E-state index is 0. The molecule has 2 heterocycles. The number of unbranched alkanes of at least 4 members (excludes halogenated alkanes) is 1. The minimum Gasteiger partial charge on any atom is -0.341 e. The SMILES string of the molecule is Br.C.C.Cc1cc2nc(CN(CCCCN)C3CCCc4cccnc43)[nH]c2cc1C. The topological polar surface area (TPSA) is 70.8 Å². The van der Waals surface area contributed by atoms with Crippen molar-refractivity contribution in [2.24, 2.45) is 5.73 Å². The van der Waals surface area contributed by atoms with Gasteiger partial charge in [-0.25, -0.2) is 4.98 Å². The first-order chi connectivity index (χ1) is 13.7. The third-order valence-electron chi connectivity index (χ3n) is 6.00. The zero-order valence-corrected chi connectivity index (χ0v) is 19.2. The monoisotopic (exact) mass is 489 g/mol. The molecule has 172 valence electrons. The van der Waals surface area contributed by atoms with E-state index >= 15 is 0 Å². The smallest absolute Gasteiger partial charge is 0.121 e. The highest BCUT2D eigenvalue weighted by molar-refractivity contribution is 8.93. The molecular formula is C25H40BrN5. The van der Waals surface area contributed by atoms with Crippen LogP contribution in [0.5, 0.6) is 0 Å². The molecule has 3 aromatic rings. The second-order valence-corrected chi connectivity index (χ2v) is 8.06. The molecule has 3 N–H and O–H groups in total.